The first-order chi connectivity index (χ1) is 5.11. The first-order valence-corrected chi connectivity index (χ1v) is 3.12. The minimum Gasteiger partial charge on any atom is -0.545 e. The van der Waals surface area contributed by atoms with Crippen LogP contribution < -0.4 is 34.7 Å². The third-order valence-electron chi connectivity index (χ3n) is 1.37. The summed E-state index contributed by atoms with van der Waals surface area (Å²) in [6.07, 6.45) is 0. The Balaban J connectivity index is 0.00000121. The van der Waals surface area contributed by atoms with Crippen molar-refractivity contribution < 1.29 is 44.6 Å². The molecule has 0 aliphatic heterocycles. The van der Waals surface area contributed by atoms with Crippen molar-refractivity contribution in [1.29, 1.82) is 0 Å². The Morgan fingerprint density at radius 3 is 2.50 bits per heavy atom. The number of phenols is 1. The van der Waals surface area contributed by atoms with Crippen molar-refractivity contribution in [1.82, 2.24) is 0 Å². The van der Waals surface area contributed by atoms with Gasteiger partial charge in [-0.25, -0.2) is 0 Å². The Bertz CT molecular complexity index is 296. The molecule has 1 aromatic rings. The first kappa shape index (κ1) is 11.5. The van der Waals surface area contributed by atoms with E-state index in [1.165, 1.54) is 12.1 Å². The molecule has 0 saturated heterocycles. The number of aromatic carboxylic acids is 1. The average Bonchev–Trinajstić information content (AvgIpc) is 1.85. The van der Waals surface area contributed by atoms with Crippen LogP contribution in [0.4, 0.5) is 0 Å². The number of rotatable bonds is 1. The standard InChI is InChI=1S/C8H8O3.Na/c1-5-2-3-6(8(10)11)7(9)4-5;/h2-4,9H,1H3,(H,10,11);/q;+1/p-1. The van der Waals surface area contributed by atoms with E-state index in [1.54, 1.807) is 13.0 Å². The second kappa shape index (κ2) is 4.50. The minimum atomic E-state index is -1.36. The van der Waals surface area contributed by atoms with Gasteiger partial charge in [-0.1, -0.05) is 6.07 Å². The van der Waals surface area contributed by atoms with Crippen molar-refractivity contribution in [3.05, 3.63) is 29.3 Å². The summed E-state index contributed by atoms with van der Waals surface area (Å²) < 4.78 is 0. The van der Waals surface area contributed by atoms with Crippen molar-refractivity contribution in [3.63, 3.8) is 0 Å². The van der Waals surface area contributed by atoms with Gasteiger partial charge in [0.15, 0.2) is 0 Å². The molecule has 3 nitrogen and oxygen atoms in total. The number of carbonyl (C=O) groups is 1. The molecule has 0 spiro atoms. The molecule has 0 radical (unpaired) electrons. The first-order valence-electron chi connectivity index (χ1n) is 3.12. The predicted molar refractivity (Wildman–Crippen MR) is 37.2 cm³/mol. The van der Waals surface area contributed by atoms with Gasteiger partial charge in [-0.3, -0.25) is 0 Å². The van der Waals surface area contributed by atoms with Gasteiger partial charge in [0.05, 0.1) is 5.97 Å². The Labute approximate surface area is 92.3 Å². The molecule has 0 amide bonds. The number of carboxylic acid groups (broad SMARTS) is 1. The van der Waals surface area contributed by atoms with Crippen molar-refractivity contribution in [3.8, 4) is 5.75 Å². The van der Waals surface area contributed by atoms with Gasteiger partial charge < -0.3 is 15.0 Å². The molecule has 58 valence electrons. The van der Waals surface area contributed by atoms with E-state index in [9.17, 15) is 9.90 Å². The molecule has 4 heteroatoms. The van der Waals surface area contributed by atoms with E-state index in [0.29, 0.717) is 0 Å². The summed E-state index contributed by atoms with van der Waals surface area (Å²) in [7, 11) is 0. The Kier molecular flexibility index (Phi) is 4.31. The smallest absolute Gasteiger partial charge is 0.545 e. The minimum absolute atomic E-state index is 0. The third kappa shape index (κ3) is 2.52. The van der Waals surface area contributed by atoms with E-state index in [1.807, 2.05) is 0 Å². The molecular formula is C8H7NaO3. The van der Waals surface area contributed by atoms with E-state index in [4.69, 9.17) is 5.11 Å². The maximum Gasteiger partial charge on any atom is 1.00 e. The van der Waals surface area contributed by atoms with Crippen molar-refractivity contribution in [2.45, 2.75) is 6.92 Å². The summed E-state index contributed by atoms with van der Waals surface area (Å²) in [5.74, 6) is -1.60. The van der Waals surface area contributed by atoms with Crippen molar-refractivity contribution >= 4 is 5.97 Å². The van der Waals surface area contributed by atoms with Gasteiger partial charge in [0.25, 0.3) is 0 Å². The number of hydrogen-bond acceptors (Lipinski definition) is 3. The zero-order valence-electron chi connectivity index (χ0n) is 7.00. The average molecular weight is 174 g/mol. The number of aryl methyl sites for hydroxylation is 1. The molecule has 0 saturated carbocycles. The Hall–Kier alpha value is -0.510. The maximum atomic E-state index is 10.3. The molecule has 1 N–H and O–H groups in total. The van der Waals surface area contributed by atoms with Gasteiger partial charge in [0.2, 0.25) is 0 Å². The molecule has 0 aliphatic rings. The van der Waals surface area contributed by atoms with E-state index < -0.39 is 5.97 Å². The SMILES string of the molecule is Cc1ccc(C(=O)[O-])c(O)c1.[Na+]. The van der Waals surface area contributed by atoms with Gasteiger partial charge in [-0.15, -0.1) is 0 Å². The summed E-state index contributed by atoms with van der Waals surface area (Å²) in [6, 6.07) is 4.30. The van der Waals surface area contributed by atoms with Gasteiger partial charge in [-0.2, -0.15) is 0 Å². The van der Waals surface area contributed by atoms with E-state index in [-0.39, 0.29) is 40.9 Å². The number of hydrogen-bond donors (Lipinski definition) is 1. The van der Waals surface area contributed by atoms with E-state index in [0.717, 1.165) is 5.56 Å². The van der Waals surface area contributed by atoms with Crippen LogP contribution in [0.1, 0.15) is 15.9 Å². The zero-order valence-corrected chi connectivity index (χ0v) is 9.00. The molecule has 0 fully saturated rings. The van der Waals surface area contributed by atoms with Crippen LogP contribution >= 0.6 is 0 Å². The van der Waals surface area contributed by atoms with E-state index >= 15 is 0 Å². The molecule has 12 heavy (non-hydrogen) atoms. The fourth-order valence-corrected chi connectivity index (χ4v) is 0.814. The predicted octanol–water partition coefficient (Wildman–Crippen LogP) is -2.93. The van der Waals surface area contributed by atoms with Crippen molar-refractivity contribution in [2.24, 2.45) is 0 Å². The Morgan fingerprint density at radius 2 is 2.08 bits per heavy atom. The normalized spacial score (nSPS) is 8.75. The fraction of sp³-hybridized carbons (Fsp3) is 0.125. The van der Waals surface area contributed by atoms with Crippen LogP contribution in [0, 0.1) is 6.92 Å². The maximum absolute atomic E-state index is 10.3. The molecular weight excluding hydrogens is 167 g/mol. The summed E-state index contributed by atoms with van der Waals surface area (Å²) >= 11 is 0. The summed E-state index contributed by atoms with van der Waals surface area (Å²) in [4.78, 5) is 10.3. The van der Waals surface area contributed by atoms with Crippen LogP contribution in [0.5, 0.6) is 5.75 Å². The van der Waals surface area contributed by atoms with Crippen LogP contribution in [-0.4, -0.2) is 11.1 Å². The Morgan fingerprint density at radius 1 is 1.50 bits per heavy atom. The number of aromatic hydroxyl groups is 1. The number of carboxylic acids is 1. The molecule has 0 unspecified atom stereocenters. The van der Waals surface area contributed by atoms with Crippen LogP contribution in [0.2, 0.25) is 0 Å². The largest absolute Gasteiger partial charge is 1.00 e. The third-order valence-corrected chi connectivity index (χ3v) is 1.37. The molecule has 0 atom stereocenters. The summed E-state index contributed by atoms with van der Waals surface area (Å²) in [5, 5.41) is 19.3. The van der Waals surface area contributed by atoms with E-state index in [2.05, 4.69) is 0 Å². The molecule has 0 bridgehead atoms. The van der Waals surface area contributed by atoms with Crippen LogP contribution in [0.25, 0.3) is 0 Å². The number of carbonyl (C=O) groups excluding carboxylic acids is 1. The topological polar surface area (TPSA) is 60.4 Å². The monoisotopic (exact) mass is 174 g/mol. The van der Waals surface area contributed by atoms with Crippen molar-refractivity contribution in [2.75, 3.05) is 0 Å². The second-order valence-corrected chi connectivity index (χ2v) is 2.31. The molecule has 1 aromatic carbocycles. The molecule has 0 aromatic heterocycles. The van der Waals surface area contributed by atoms with Gasteiger partial charge in [0, 0.05) is 5.56 Å². The van der Waals surface area contributed by atoms with Gasteiger partial charge >= 0.3 is 29.6 Å². The quantitative estimate of drug-likeness (QED) is 0.464. The number of benzene rings is 1. The van der Waals surface area contributed by atoms with Gasteiger partial charge in [0.1, 0.15) is 5.75 Å². The fourth-order valence-electron chi connectivity index (χ4n) is 0.814. The zero-order chi connectivity index (χ0) is 8.43. The summed E-state index contributed by atoms with van der Waals surface area (Å²) in [5.41, 5.74) is 0.642. The molecule has 0 heterocycles. The van der Waals surface area contributed by atoms with Crippen LogP contribution in [-0.2, 0) is 0 Å². The summed E-state index contributed by atoms with van der Waals surface area (Å²) in [6.45, 7) is 1.76. The molecule has 1 rings (SSSR count). The molecule has 0 aliphatic carbocycles. The van der Waals surface area contributed by atoms with Crippen LogP contribution in [0.15, 0.2) is 18.2 Å². The van der Waals surface area contributed by atoms with Crippen LogP contribution in [0.3, 0.4) is 0 Å². The second-order valence-electron chi connectivity index (χ2n) is 2.31. The van der Waals surface area contributed by atoms with Gasteiger partial charge in [-0.05, 0) is 24.6 Å².